The summed E-state index contributed by atoms with van der Waals surface area (Å²) in [5.41, 5.74) is 0. The smallest absolute Gasteiger partial charge is 1.00 e. The van der Waals surface area contributed by atoms with Crippen LogP contribution in [0.15, 0.2) is 0 Å². The number of hydrogen-bond donors (Lipinski definition) is 0. The van der Waals surface area contributed by atoms with Crippen LogP contribution in [0.3, 0.4) is 0 Å². The van der Waals surface area contributed by atoms with Gasteiger partial charge in [0.15, 0.2) is 0 Å². The maximum Gasteiger partial charge on any atom is 2.00 e. The molecule has 7 heteroatoms. The molecule has 0 amide bonds. The molecule has 0 heterocycles. The molecular weight excluding hydrogens is 481 g/mol. The van der Waals surface area contributed by atoms with Gasteiger partial charge < -0.3 is 62.0 Å². The van der Waals surface area contributed by atoms with Gasteiger partial charge in [-0.3, -0.25) is 0 Å². The maximum atomic E-state index is 0. The van der Waals surface area contributed by atoms with E-state index in [0.29, 0.717) is 0 Å². The summed E-state index contributed by atoms with van der Waals surface area (Å²) in [5, 5.41) is 0. The fourth-order valence-corrected chi connectivity index (χ4v) is 0. The number of hydrogen-bond acceptors (Lipinski definition) is 0. The molecule has 50 valence electrons. The second-order valence-electron chi connectivity index (χ2n) is 0. The van der Waals surface area contributed by atoms with E-state index >= 15 is 0 Å². The van der Waals surface area contributed by atoms with Crippen LogP contribution in [0.1, 0.15) is 0 Å². The summed E-state index contributed by atoms with van der Waals surface area (Å²) in [7, 11) is 0. The van der Waals surface area contributed by atoms with E-state index < -0.39 is 0 Å². The van der Waals surface area contributed by atoms with E-state index in [1.807, 2.05) is 0 Å². The molecule has 0 aliphatic heterocycles. The minimum Gasteiger partial charge on any atom is -1.00 e. The minimum atomic E-state index is 0. The Bertz CT molecular complexity index is 6.04. The van der Waals surface area contributed by atoms with Crippen LogP contribution in [-0.2, 0) is 0 Å². The van der Waals surface area contributed by atoms with Crippen molar-refractivity contribution in [2.75, 3.05) is 0 Å². The third-order valence-electron chi connectivity index (χ3n) is 0. The average Bonchev–Trinajstić information content (AvgIpc) is 0. The molecule has 0 nitrogen and oxygen atoms in total. The van der Waals surface area contributed by atoms with Crippen molar-refractivity contribution in [3.05, 3.63) is 0 Å². The molecule has 0 N–H and O–H groups in total. The van der Waals surface area contributed by atoms with Crippen molar-refractivity contribution >= 4 is 0 Å². The van der Waals surface area contributed by atoms with Crippen molar-refractivity contribution < 1.29 is 161 Å². The van der Waals surface area contributed by atoms with Gasteiger partial charge in [-0.1, -0.05) is 0 Å². The van der Waals surface area contributed by atoms with Gasteiger partial charge in [0.2, 0.25) is 0 Å². The Kier molecular flexibility index (Phi) is 404. The minimum absolute atomic E-state index is 0. The van der Waals surface area contributed by atoms with Crippen LogP contribution in [0.2, 0.25) is 0 Å². The first-order valence-corrected chi connectivity index (χ1v) is 0. The predicted octanol–water partition coefficient (Wildman–Crippen LogP) is -15.0. The van der Waals surface area contributed by atoms with E-state index in [2.05, 4.69) is 0 Å². The molecule has 0 atom stereocenters. The van der Waals surface area contributed by atoms with Gasteiger partial charge in [-0.15, -0.1) is 0 Å². The van der Waals surface area contributed by atoms with E-state index in [1.54, 1.807) is 0 Å². The van der Waals surface area contributed by atoms with E-state index in [0.717, 1.165) is 0 Å². The summed E-state index contributed by atoms with van der Waals surface area (Å²) in [4.78, 5) is 0. The van der Waals surface area contributed by atoms with Crippen LogP contribution >= 0.6 is 0 Å². The van der Waals surface area contributed by atoms with Crippen LogP contribution in [0.25, 0.3) is 0 Å². The van der Waals surface area contributed by atoms with Gasteiger partial charge in [0.1, 0.15) is 0 Å². The first-order valence-electron chi connectivity index (χ1n) is 0. The Morgan fingerprint density at radius 3 is 0.286 bits per heavy atom. The summed E-state index contributed by atoms with van der Waals surface area (Å²) in [6.45, 7) is 0. The molecule has 0 unspecified atom stereocenters. The van der Waals surface area contributed by atoms with Gasteiger partial charge in [-0.25, -0.2) is 0 Å². The van der Waals surface area contributed by atoms with E-state index in [9.17, 15) is 0 Å². The summed E-state index contributed by atoms with van der Waals surface area (Å²) in [6, 6.07) is 0. The standard InChI is InChI=1S/5ClH.2Eu/h5*1H;;/q;;;;;2*+2/p-5. The van der Waals surface area contributed by atoms with Gasteiger partial charge in [0, 0.05) is 0 Å². The van der Waals surface area contributed by atoms with Crippen molar-refractivity contribution in [3.8, 4) is 0 Å². The van der Waals surface area contributed by atoms with Crippen molar-refractivity contribution in [1.29, 1.82) is 0 Å². The molecule has 0 spiro atoms. The molecule has 7 heavy (non-hydrogen) atoms. The fraction of sp³-hybridized carbons (Fsp3) is 0. The molecule has 0 aliphatic rings. The first-order chi connectivity index (χ1) is 0. The zero-order valence-electron chi connectivity index (χ0n) is 2.65. The van der Waals surface area contributed by atoms with Gasteiger partial charge in [-0.05, 0) is 0 Å². The molecule has 0 fully saturated rings. The van der Waals surface area contributed by atoms with Crippen molar-refractivity contribution in [3.63, 3.8) is 0 Å². The third kappa shape index (κ3) is 37.0. The van der Waals surface area contributed by atoms with Crippen LogP contribution < -0.4 is 62.0 Å². The SMILES string of the molecule is [Cl-].[Cl-].[Cl-].[Cl-].[Cl-].[Eu+2].[Eu+2]. The summed E-state index contributed by atoms with van der Waals surface area (Å²) in [6.07, 6.45) is 0. The topological polar surface area (TPSA) is 0 Å². The van der Waals surface area contributed by atoms with Crippen LogP contribution in [0.5, 0.6) is 0 Å². The second-order valence-corrected chi connectivity index (χ2v) is 0. The quantitative estimate of drug-likeness (QED) is 0.323. The van der Waals surface area contributed by atoms with Gasteiger partial charge in [0.25, 0.3) is 0 Å². The number of rotatable bonds is 0. The molecular formula is Cl5Eu2-. The molecule has 0 bridgehead atoms. The van der Waals surface area contributed by atoms with E-state index in [-0.39, 0.29) is 161 Å². The fourth-order valence-electron chi connectivity index (χ4n) is 0. The molecule has 0 saturated carbocycles. The summed E-state index contributed by atoms with van der Waals surface area (Å²) >= 11 is 0. The Balaban J connectivity index is 0. The summed E-state index contributed by atoms with van der Waals surface area (Å²) < 4.78 is 0. The Hall–Kier alpha value is 4.62. The molecule has 0 aliphatic carbocycles. The largest absolute Gasteiger partial charge is 2.00 e. The van der Waals surface area contributed by atoms with Crippen molar-refractivity contribution in [2.24, 2.45) is 0 Å². The third-order valence-corrected chi connectivity index (χ3v) is 0. The zero-order valence-corrected chi connectivity index (χ0v) is 11.3. The molecule has 0 rings (SSSR count). The maximum absolute atomic E-state index is 0. The predicted molar refractivity (Wildman–Crippen MR) is 0 cm³/mol. The second kappa shape index (κ2) is 46.1. The first kappa shape index (κ1) is 61.4. The summed E-state index contributed by atoms with van der Waals surface area (Å²) in [5.74, 6) is 0. The van der Waals surface area contributed by atoms with Crippen LogP contribution in [0.4, 0.5) is 0 Å². The molecule has 0 aromatic carbocycles. The average molecular weight is 481 g/mol. The van der Waals surface area contributed by atoms with Gasteiger partial charge >= 0.3 is 98.8 Å². The normalized spacial score (nSPS) is 0. The van der Waals surface area contributed by atoms with Crippen molar-refractivity contribution in [1.82, 2.24) is 0 Å². The number of halogens is 5. The Labute approximate surface area is 156 Å². The molecule has 0 saturated heterocycles. The zero-order chi connectivity index (χ0) is 0. The van der Waals surface area contributed by atoms with E-state index in [4.69, 9.17) is 0 Å². The Morgan fingerprint density at radius 2 is 0.286 bits per heavy atom. The van der Waals surface area contributed by atoms with Crippen LogP contribution in [0, 0.1) is 98.8 Å². The van der Waals surface area contributed by atoms with Gasteiger partial charge in [0.05, 0.1) is 0 Å². The van der Waals surface area contributed by atoms with Gasteiger partial charge in [-0.2, -0.15) is 0 Å². The van der Waals surface area contributed by atoms with E-state index in [1.165, 1.54) is 0 Å². The Morgan fingerprint density at radius 1 is 0.286 bits per heavy atom. The van der Waals surface area contributed by atoms with Crippen LogP contribution in [-0.4, -0.2) is 0 Å². The van der Waals surface area contributed by atoms with Crippen molar-refractivity contribution in [2.45, 2.75) is 0 Å². The molecule has 0 aromatic heterocycles. The molecule has 2 radical (unpaired) electrons. The monoisotopic (exact) mass is 481 g/mol. The molecule has 0 aromatic rings.